The number of rotatable bonds is 9. The van der Waals surface area contributed by atoms with Crippen molar-refractivity contribution in [1.29, 1.82) is 5.26 Å². The van der Waals surface area contributed by atoms with Gasteiger partial charge in [0, 0.05) is 23.4 Å². The summed E-state index contributed by atoms with van der Waals surface area (Å²) in [6.07, 6.45) is 2.90. The third-order valence-corrected chi connectivity index (χ3v) is 8.14. The Morgan fingerprint density at radius 3 is 2.48 bits per heavy atom. The zero-order chi connectivity index (χ0) is 27.9. The highest BCUT2D eigenvalue weighted by atomic mass is 32.2. The molecule has 0 saturated carbocycles. The van der Waals surface area contributed by atoms with E-state index in [0.717, 1.165) is 41.8 Å². The molecule has 2 N–H and O–H groups in total. The van der Waals surface area contributed by atoms with Crippen molar-refractivity contribution in [1.82, 2.24) is 5.32 Å². The third kappa shape index (κ3) is 6.30. The number of hydrogen-bond acceptors (Lipinski definition) is 6. The number of nitrogens with zero attached hydrogens (tertiary/aromatic N) is 1. The number of nitriles is 1. The van der Waals surface area contributed by atoms with Crippen molar-refractivity contribution in [2.24, 2.45) is 0 Å². The lowest BCUT2D eigenvalue weighted by atomic mass is 9.77. The number of thioether (sulfide) groups is 1. The van der Waals surface area contributed by atoms with Crippen molar-refractivity contribution in [3.05, 3.63) is 117 Å². The molecule has 202 valence electrons. The smallest absolute Gasteiger partial charge is 0.234 e. The molecular formula is C33H31N3O3S. The topological polar surface area (TPSA) is 91.2 Å². The first-order chi connectivity index (χ1) is 19.6. The van der Waals surface area contributed by atoms with Crippen LogP contribution in [0.1, 0.15) is 48.8 Å². The normalized spacial score (nSPS) is 16.6. The summed E-state index contributed by atoms with van der Waals surface area (Å²) in [5, 5.41) is 17.2. The molecule has 1 heterocycles. The zero-order valence-electron chi connectivity index (χ0n) is 22.4. The Morgan fingerprint density at radius 2 is 1.77 bits per heavy atom. The van der Waals surface area contributed by atoms with Crippen molar-refractivity contribution < 1.29 is 14.3 Å². The van der Waals surface area contributed by atoms with Crippen molar-refractivity contribution in [2.45, 2.75) is 45.1 Å². The van der Waals surface area contributed by atoms with Gasteiger partial charge in [0.1, 0.15) is 12.4 Å². The molecule has 2 aliphatic rings. The van der Waals surface area contributed by atoms with Crippen molar-refractivity contribution in [3.63, 3.8) is 0 Å². The number of anilines is 1. The molecule has 5 rings (SSSR count). The van der Waals surface area contributed by atoms with Crippen molar-refractivity contribution in [2.75, 3.05) is 11.1 Å². The van der Waals surface area contributed by atoms with E-state index in [1.54, 1.807) is 0 Å². The Labute approximate surface area is 239 Å². The van der Waals surface area contributed by atoms with E-state index in [1.807, 2.05) is 78.9 Å². The molecule has 0 spiro atoms. The molecule has 1 unspecified atom stereocenters. The molecule has 0 radical (unpaired) electrons. The second kappa shape index (κ2) is 12.7. The fraction of sp³-hybridized carbons (Fsp3) is 0.242. The first-order valence-electron chi connectivity index (χ1n) is 13.5. The van der Waals surface area contributed by atoms with Gasteiger partial charge in [0.2, 0.25) is 5.91 Å². The van der Waals surface area contributed by atoms with Gasteiger partial charge in [-0.15, -0.1) is 0 Å². The minimum atomic E-state index is -0.482. The first-order valence-corrected chi connectivity index (χ1v) is 14.5. The van der Waals surface area contributed by atoms with Gasteiger partial charge in [0.25, 0.3) is 0 Å². The van der Waals surface area contributed by atoms with E-state index in [9.17, 15) is 14.9 Å². The molecular weight excluding hydrogens is 518 g/mol. The highest BCUT2D eigenvalue weighted by Gasteiger charge is 2.37. The predicted molar refractivity (Wildman–Crippen MR) is 159 cm³/mol. The Morgan fingerprint density at radius 1 is 1.02 bits per heavy atom. The number of hydrogen-bond donors (Lipinski definition) is 2. The molecule has 0 aromatic heterocycles. The number of ether oxygens (including phenoxy) is 1. The van der Waals surface area contributed by atoms with Gasteiger partial charge in [-0.1, -0.05) is 73.3 Å². The quantitative estimate of drug-likeness (QED) is 0.311. The molecule has 7 heteroatoms. The Balaban J connectivity index is 1.35. The minimum absolute atomic E-state index is 0.0632. The largest absolute Gasteiger partial charge is 0.489 e. The van der Waals surface area contributed by atoms with E-state index < -0.39 is 5.92 Å². The summed E-state index contributed by atoms with van der Waals surface area (Å²) < 4.78 is 5.95. The average molecular weight is 550 g/mol. The van der Waals surface area contributed by atoms with Gasteiger partial charge in [-0.3, -0.25) is 9.59 Å². The fourth-order valence-electron chi connectivity index (χ4n) is 5.03. The molecule has 1 aliphatic carbocycles. The number of amides is 1. The summed E-state index contributed by atoms with van der Waals surface area (Å²) in [4.78, 5) is 25.8. The number of ketones is 1. The number of dihydropyridines is 1. The Hall–Kier alpha value is -4.28. The third-order valence-electron chi connectivity index (χ3n) is 7.12. The van der Waals surface area contributed by atoms with E-state index in [0.29, 0.717) is 35.0 Å². The zero-order valence-corrected chi connectivity index (χ0v) is 23.2. The number of benzene rings is 3. The molecule has 3 aromatic rings. The second-order valence-electron chi connectivity index (χ2n) is 9.81. The lowest BCUT2D eigenvalue weighted by Crippen LogP contribution is -2.31. The lowest BCUT2D eigenvalue weighted by molar-refractivity contribution is -0.116. The monoisotopic (exact) mass is 549 g/mol. The lowest BCUT2D eigenvalue weighted by Gasteiger charge is -2.33. The predicted octanol–water partition coefficient (Wildman–Crippen LogP) is 6.63. The van der Waals surface area contributed by atoms with Gasteiger partial charge in [-0.2, -0.15) is 5.26 Å². The van der Waals surface area contributed by atoms with Crippen LogP contribution in [0.4, 0.5) is 5.69 Å². The van der Waals surface area contributed by atoms with Crippen LogP contribution in [0.2, 0.25) is 0 Å². The van der Waals surface area contributed by atoms with Crippen LogP contribution in [0.3, 0.4) is 0 Å². The van der Waals surface area contributed by atoms with Gasteiger partial charge in [0.15, 0.2) is 5.78 Å². The molecule has 1 atom stereocenters. The highest BCUT2D eigenvalue weighted by Crippen LogP contribution is 2.44. The number of aryl methyl sites for hydroxylation is 1. The van der Waals surface area contributed by atoms with E-state index in [1.165, 1.54) is 17.3 Å². The molecule has 0 saturated heterocycles. The summed E-state index contributed by atoms with van der Waals surface area (Å²) in [5.41, 5.74) is 5.84. The van der Waals surface area contributed by atoms with Gasteiger partial charge in [0.05, 0.1) is 28.3 Å². The Kier molecular flexibility index (Phi) is 8.68. The van der Waals surface area contributed by atoms with E-state index in [-0.39, 0.29) is 17.4 Å². The minimum Gasteiger partial charge on any atom is -0.489 e. The van der Waals surface area contributed by atoms with Crippen LogP contribution in [0, 0.1) is 11.3 Å². The van der Waals surface area contributed by atoms with Gasteiger partial charge in [-0.25, -0.2) is 0 Å². The van der Waals surface area contributed by atoms with Crippen LogP contribution in [0.15, 0.2) is 101 Å². The summed E-state index contributed by atoms with van der Waals surface area (Å²) in [6.45, 7) is 2.54. The number of carbonyl (C=O) groups is 2. The van der Waals surface area contributed by atoms with Crippen LogP contribution in [0.25, 0.3) is 0 Å². The summed E-state index contributed by atoms with van der Waals surface area (Å²) >= 11 is 1.29. The number of carbonyl (C=O) groups excluding carboxylic acids is 2. The summed E-state index contributed by atoms with van der Waals surface area (Å²) in [5.74, 6) is 0.277. The highest BCUT2D eigenvalue weighted by molar-refractivity contribution is 8.03. The fourth-order valence-corrected chi connectivity index (χ4v) is 5.89. The summed E-state index contributed by atoms with van der Waals surface area (Å²) in [6, 6.07) is 27.7. The maximum absolute atomic E-state index is 13.1. The van der Waals surface area contributed by atoms with Crippen LogP contribution < -0.4 is 15.4 Å². The summed E-state index contributed by atoms with van der Waals surface area (Å²) in [7, 11) is 0. The maximum atomic E-state index is 13.1. The molecule has 1 aliphatic heterocycles. The molecule has 0 fully saturated rings. The number of allylic oxidation sites excluding steroid dienone is 3. The van der Waals surface area contributed by atoms with Crippen LogP contribution in [0.5, 0.6) is 5.75 Å². The van der Waals surface area contributed by atoms with E-state index in [2.05, 4.69) is 23.6 Å². The van der Waals surface area contributed by atoms with Gasteiger partial charge >= 0.3 is 0 Å². The number of nitrogens with one attached hydrogen (secondary N) is 2. The molecule has 40 heavy (non-hydrogen) atoms. The maximum Gasteiger partial charge on any atom is 0.234 e. The first kappa shape index (κ1) is 27.3. The number of Topliss-reactive ketones (excluding diaryl/α,β-unsaturated/α-hetero) is 1. The molecule has 1 amide bonds. The van der Waals surface area contributed by atoms with E-state index >= 15 is 0 Å². The van der Waals surface area contributed by atoms with Crippen molar-refractivity contribution >= 4 is 29.1 Å². The van der Waals surface area contributed by atoms with Gasteiger partial charge in [-0.05, 0) is 60.2 Å². The van der Waals surface area contributed by atoms with Crippen LogP contribution in [-0.2, 0) is 22.6 Å². The van der Waals surface area contributed by atoms with E-state index in [4.69, 9.17) is 4.74 Å². The van der Waals surface area contributed by atoms with Crippen LogP contribution >= 0.6 is 11.8 Å². The van der Waals surface area contributed by atoms with Crippen LogP contribution in [-0.4, -0.2) is 17.4 Å². The molecule has 6 nitrogen and oxygen atoms in total. The molecule has 3 aromatic carbocycles. The average Bonchev–Trinajstić information content (AvgIpc) is 2.99. The van der Waals surface area contributed by atoms with Crippen molar-refractivity contribution in [3.8, 4) is 11.8 Å². The Bertz CT molecular complexity index is 1490. The standard InChI is InChI=1S/C33H31N3O3S/c1-2-22-11-15-25(16-12-22)35-30(38)21-40-33-27(19-34)31(32-28(36-33)9-6-10-29(32)37)24-13-17-26(18-14-24)39-20-23-7-4-3-5-8-23/h3-5,7-8,11-18,31,36H,2,6,9-10,20-21H2,1H3,(H,35,38). The molecule has 0 bridgehead atoms. The second-order valence-corrected chi connectivity index (χ2v) is 10.8. The SMILES string of the molecule is CCc1ccc(NC(=O)CSC2=C(C#N)C(c3ccc(OCc4ccccc4)cc3)C3=C(CCCC3=O)N2)cc1. The van der Waals surface area contributed by atoms with Gasteiger partial charge < -0.3 is 15.4 Å².